The smallest absolute Gasteiger partial charge is 0.293 e. The van der Waals surface area contributed by atoms with Crippen LogP contribution in [-0.4, -0.2) is 91.9 Å². The Morgan fingerprint density at radius 2 is 1.81 bits per heavy atom. The normalized spacial score (nSPS) is 18.3. The van der Waals surface area contributed by atoms with Crippen molar-refractivity contribution in [2.45, 2.75) is 49.5 Å². The zero-order valence-corrected chi connectivity index (χ0v) is 34.2. The number of sulfonamides is 1. The summed E-state index contributed by atoms with van der Waals surface area (Å²) in [5.41, 5.74) is 3.11. The summed E-state index contributed by atoms with van der Waals surface area (Å²) in [6.45, 7) is 5.05. The number of hydrogen-bond acceptors (Lipinski definition) is 11. The van der Waals surface area contributed by atoms with Gasteiger partial charge < -0.3 is 24.8 Å². The number of anilines is 2. The number of likely N-dealkylation sites (tertiary alicyclic amines) is 1. The maximum Gasteiger partial charge on any atom is 0.293 e. The first kappa shape index (κ1) is 40.5. The predicted molar refractivity (Wildman–Crippen MR) is 225 cm³/mol. The number of ether oxygens (including phenoxy) is 1. The molecule has 1 atom stereocenters. The van der Waals surface area contributed by atoms with Gasteiger partial charge in [-0.25, -0.2) is 22.5 Å². The molecule has 0 bridgehead atoms. The number of carbonyl (C=O) groups is 1. The summed E-state index contributed by atoms with van der Waals surface area (Å²) in [4.78, 5) is 39.1. The number of nitro groups is 1. The van der Waals surface area contributed by atoms with E-state index in [1.165, 1.54) is 30.5 Å². The summed E-state index contributed by atoms with van der Waals surface area (Å²) in [5.74, 6) is -0.556. The van der Waals surface area contributed by atoms with Crippen molar-refractivity contribution in [3.8, 4) is 11.5 Å². The van der Waals surface area contributed by atoms with Gasteiger partial charge in [-0.1, -0.05) is 18.0 Å². The molecule has 0 unspecified atom stereocenters. The van der Waals surface area contributed by atoms with Gasteiger partial charge in [-0.15, -0.1) is 0 Å². The summed E-state index contributed by atoms with van der Waals surface area (Å²) in [5, 5.41) is 16.5. The Bertz CT molecular complexity index is 2490. The second-order valence-electron chi connectivity index (χ2n) is 15.6. The van der Waals surface area contributed by atoms with Gasteiger partial charge in [0.15, 0.2) is 0 Å². The number of pyridine rings is 1. The lowest BCUT2D eigenvalue weighted by molar-refractivity contribution is -0.384. The number of aromatic amines is 1. The largest absolute Gasteiger partial charge is 0.455 e. The first-order chi connectivity index (χ1) is 28.4. The third-order valence-corrected chi connectivity index (χ3v) is 13.4. The number of hydrogen-bond donors (Lipinski definition) is 3. The number of nitrogens with one attached hydrogen (secondary N) is 3. The fourth-order valence-corrected chi connectivity index (χ4v) is 9.76. The Morgan fingerprint density at radius 3 is 2.59 bits per heavy atom. The van der Waals surface area contributed by atoms with Gasteiger partial charge in [-0.3, -0.25) is 19.8 Å². The van der Waals surface area contributed by atoms with E-state index in [9.17, 15) is 27.7 Å². The molecule has 0 saturated carbocycles. The van der Waals surface area contributed by atoms with Crippen LogP contribution in [0.5, 0.6) is 11.5 Å². The molecule has 0 spiro atoms. The van der Waals surface area contributed by atoms with Gasteiger partial charge in [0, 0.05) is 73.2 Å². The van der Waals surface area contributed by atoms with Crippen molar-refractivity contribution >= 4 is 55.6 Å². The summed E-state index contributed by atoms with van der Waals surface area (Å²) >= 11 is 6.51. The lowest BCUT2D eigenvalue weighted by atomic mass is 9.96. The van der Waals surface area contributed by atoms with Crippen LogP contribution in [-0.2, 0) is 16.4 Å². The molecule has 0 radical (unpaired) electrons. The van der Waals surface area contributed by atoms with E-state index in [2.05, 4.69) is 41.8 Å². The van der Waals surface area contributed by atoms with Crippen LogP contribution in [0.1, 0.15) is 59.6 Å². The number of nitro benzene ring substituents is 1. The Morgan fingerprint density at radius 1 is 1.02 bits per heavy atom. The SMILES string of the molecule is CN1CCC(CNc2ccc(S(=O)(=O)NC(=O)c3ccc(N4CCN([C@@H]5CCCCc6c(Cl)cc(F)cc65)CC4)cc3Oc3cnc4[nH]ccc4c3)cc2[N+](=O)[O-])CC1. The molecule has 310 valence electrons. The molecule has 2 aliphatic heterocycles. The second kappa shape index (κ2) is 17.1. The highest BCUT2D eigenvalue weighted by atomic mass is 35.5. The molecule has 5 aromatic rings. The molecule has 1 aliphatic carbocycles. The Hall–Kier alpha value is -5.29. The quantitative estimate of drug-likeness (QED) is 0.0684. The molecule has 1 amide bonds. The Labute approximate surface area is 346 Å². The molecule has 4 heterocycles. The van der Waals surface area contributed by atoms with Crippen LogP contribution in [0.4, 0.5) is 21.5 Å². The monoisotopic (exact) mass is 844 g/mol. The van der Waals surface area contributed by atoms with Crippen molar-refractivity contribution in [3.63, 3.8) is 0 Å². The van der Waals surface area contributed by atoms with Gasteiger partial charge >= 0.3 is 0 Å². The minimum absolute atomic E-state index is 0.0450. The maximum atomic E-state index is 14.6. The highest BCUT2D eigenvalue weighted by Gasteiger charge is 2.31. The maximum absolute atomic E-state index is 14.6. The number of carbonyl (C=O) groups excluding carboxylic acids is 1. The number of nitrogens with zero attached hydrogens (tertiary/aromatic N) is 5. The van der Waals surface area contributed by atoms with E-state index in [0.29, 0.717) is 55.1 Å². The van der Waals surface area contributed by atoms with Gasteiger partial charge in [-0.2, -0.15) is 0 Å². The number of piperidine rings is 1. The molecule has 3 aliphatic rings. The van der Waals surface area contributed by atoms with Crippen molar-refractivity contribution in [2.24, 2.45) is 5.92 Å². The lowest BCUT2D eigenvalue weighted by Gasteiger charge is -2.40. The summed E-state index contributed by atoms with van der Waals surface area (Å²) in [7, 11) is -2.51. The zero-order chi connectivity index (χ0) is 41.3. The molecule has 14 nitrogen and oxygen atoms in total. The molecule has 3 N–H and O–H groups in total. The van der Waals surface area contributed by atoms with E-state index in [1.54, 1.807) is 30.5 Å². The number of H-pyrrole nitrogens is 1. The van der Waals surface area contributed by atoms with Crippen molar-refractivity contribution in [3.05, 3.63) is 111 Å². The number of benzene rings is 3. The first-order valence-corrected chi connectivity index (χ1v) is 21.8. The predicted octanol–water partition coefficient (Wildman–Crippen LogP) is 7.52. The molecule has 2 aromatic heterocycles. The van der Waals surface area contributed by atoms with E-state index >= 15 is 0 Å². The van der Waals surface area contributed by atoms with Crippen molar-refractivity contribution in [1.82, 2.24) is 24.5 Å². The standard InChI is InChI=1S/C42H46ClFN8O6S/c1-49-14-11-27(12-15-49)25-46-37-9-7-32(24-39(37)52(54)55)59(56,57)48-42(53)34-8-6-30(23-40(34)58-31-20-28-10-13-45-41(28)47-26-31)50-16-18-51(19-17-50)38-5-3-2-4-33-35(38)21-29(44)22-36(33)43/h6-10,13,20-24,26-27,38,46H,2-5,11-12,14-19,25H2,1H3,(H,45,47)(H,48,53)/t38-/m1/s1. The summed E-state index contributed by atoms with van der Waals surface area (Å²) < 4.78 is 50.3. The van der Waals surface area contributed by atoms with Crippen LogP contribution in [0.3, 0.4) is 0 Å². The van der Waals surface area contributed by atoms with Crippen LogP contribution in [0, 0.1) is 21.8 Å². The second-order valence-corrected chi connectivity index (χ2v) is 17.7. The van der Waals surface area contributed by atoms with E-state index in [0.717, 1.165) is 79.9 Å². The minimum atomic E-state index is -4.57. The fraction of sp³-hybridized carbons (Fsp3) is 0.381. The third-order valence-electron chi connectivity index (χ3n) is 11.8. The molecule has 59 heavy (non-hydrogen) atoms. The topological polar surface area (TPSA) is 166 Å². The molecule has 17 heteroatoms. The molecule has 8 rings (SSSR count). The van der Waals surface area contributed by atoms with Crippen LogP contribution < -0.4 is 19.7 Å². The number of aromatic nitrogens is 2. The number of rotatable bonds is 11. The van der Waals surface area contributed by atoms with E-state index in [-0.39, 0.29) is 28.9 Å². The van der Waals surface area contributed by atoms with E-state index in [4.69, 9.17) is 16.3 Å². The van der Waals surface area contributed by atoms with Crippen molar-refractivity contribution in [2.75, 3.05) is 63.1 Å². The number of amides is 1. The zero-order valence-electron chi connectivity index (χ0n) is 32.6. The molecule has 2 fully saturated rings. The molecular weight excluding hydrogens is 799 g/mol. The van der Waals surface area contributed by atoms with Crippen LogP contribution in [0.2, 0.25) is 5.02 Å². The minimum Gasteiger partial charge on any atom is -0.455 e. The van der Waals surface area contributed by atoms with Crippen molar-refractivity contribution in [1.29, 1.82) is 0 Å². The van der Waals surface area contributed by atoms with Gasteiger partial charge in [0.2, 0.25) is 0 Å². The van der Waals surface area contributed by atoms with E-state index in [1.807, 2.05) is 6.07 Å². The summed E-state index contributed by atoms with van der Waals surface area (Å²) in [6.07, 6.45) is 8.88. The first-order valence-electron chi connectivity index (χ1n) is 19.9. The van der Waals surface area contributed by atoms with Crippen LogP contribution >= 0.6 is 11.6 Å². The fourth-order valence-electron chi connectivity index (χ4n) is 8.47. The number of fused-ring (bicyclic) bond motifs is 2. The van der Waals surface area contributed by atoms with Gasteiger partial charge in [-0.05, 0) is 118 Å². The average Bonchev–Trinajstić information content (AvgIpc) is 3.58. The Balaban J connectivity index is 1.02. The van der Waals surface area contributed by atoms with Gasteiger partial charge in [0.25, 0.3) is 21.6 Å². The summed E-state index contributed by atoms with van der Waals surface area (Å²) in [6, 6.07) is 15.2. The Kier molecular flexibility index (Phi) is 11.8. The van der Waals surface area contributed by atoms with Crippen molar-refractivity contribution < 1.29 is 27.3 Å². The number of halogens is 2. The highest BCUT2D eigenvalue weighted by molar-refractivity contribution is 7.90. The van der Waals surface area contributed by atoms with Crippen LogP contribution in [0.25, 0.3) is 11.0 Å². The average molecular weight is 845 g/mol. The van der Waals surface area contributed by atoms with Gasteiger partial charge in [0.1, 0.15) is 28.7 Å². The van der Waals surface area contributed by atoms with Gasteiger partial charge in [0.05, 0.1) is 21.6 Å². The molecular formula is C42H46ClFN8O6S. The molecule has 2 saturated heterocycles. The third kappa shape index (κ3) is 9.00. The van der Waals surface area contributed by atoms with Crippen LogP contribution in [0.15, 0.2) is 78.0 Å². The highest BCUT2D eigenvalue weighted by Crippen LogP contribution is 2.39. The van der Waals surface area contributed by atoms with E-state index < -0.39 is 31.4 Å². The lowest BCUT2D eigenvalue weighted by Crippen LogP contribution is -2.47. The molecule has 3 aromatic carbocycles. The number of piperazine rings is 1.